The Morgan fingerprint density at radius 3 is 2.47 bits per heavy atom. The molecule has 1 fully saturated rings. The van der Waals surface area contributed by atoms with Gasteiger partial charge in [-0.1, -0.05) is 23.8 Å². The first-order valence-electron chi connectivity index (χ1n) is 11.0. The summed E-state index contributed by atoms with van der Waals surface area (Å²) in [4.78, 5) is 33.3. The normalized spacial score (nSPS) is 14.5. The van der Waals surface area contributed by atoms with Gasteiger partial charge in [0.05, 0.1) is 6.20 Å². The van der Waals surface area contributed by atoms with Gasteiger partial charge in [0.15, 0.2) is 0 Å². The molecule has 0 aliphatic carbocycles. The number of carbonyl (C=O) groups excluding carboxylic acids is 1. The lowest BCUT2D eigenvalue weighted by Crippen LogP contribution is -2.50. The lowest BCUT2D eigenvalue weighted by Gasteiger charge is -2.37. The summed E-state index contributed by atoms with van der Waals surface area (Å²) in [6.07, 6.45) is 1.68. The maximum Gasteiger partial charge on any atom is 0.291 e. The van der Waals surface area contributed by atoms with Gasteiger partial charge >= 0.3 is 0 Å². The van der Waals surface area contributed by atoms with Crippen LogP contribution in [0.1, 0.15) is 16.7 Å². The van der Waals surface area contributed by atoms with E-state index >= 15 is 0 Å². The number of amides is 1. The second-order valence-corrected chi connectivity index (χ2v) is 8.73. The van der Waals surface area contributed by atoms with E-state index in [1.807, 2.05) is 30.0 Å². The van der Waals surface area contributed by atoms with Gasteiger partial charge in [0.2, 0.25) is 5.91 Å². The first-order chi connectivity index (χ1) is 15.4. The number of carbonyl (C=O) groups is 1. The van der Waals surface area contributed by atoms with Crippen LogP contribution in [0.3, 0.4) is 0 Å². The van der Waals surface area contributed by atoms with Crippen molar-refractivity contribution in [3.8, 4) is 0 Å². The highest BCUT2D eigenvalue weighted by Crippen LogP contribution is 2.24. The summed E-state index contributed by atoms with van der Waals surface area (Å²) in [6.45, 7) is 9.00. The number of H-pyrrole nitrogens is 1. The summed E-state index contributed by atoms with van der Waals surface area (Å²) in [7, 11) is 0. The van der Waals surface area contributed by atoms with Crippen molar-refractivity contribution in [3.05, 3.63) is 69.6 Å². The lowest BCUT2D eigenvalue weighted by atomic mass is 10.1. The van der Waals surface area contributed by atoms with E-state index in [0.29, 0.717) is 18.6 Å². The van der Waals surface area contributed by atoms with Crippen molar-refractivity contribution in [3.63, 3.8) is 0 Å². The van der Waals surface area contributed by atoms with E-state index in [1.165, 1.54) is 21.5 Å². The summed E-state index contributed by atoms with van der Waals surface area (Å²) < 4.78 is 1.27. The van der Waals surface area contributed by atoms with Crippen LogP contribution in [0.25, 0.3) is 21.8 Å². The van der Waals surface area contributed by atoms with Gasteiger partial charge < -0.3 is 14.8 Å². The molecule has 2 aromatic carbocycles. The average Bonchev–Trinajstić information content (AvgIpc) is 3.16. The molecule has 0 spiro atoms. The Bertz CT molecular complexity index is 1390. The molecule has 32 heavy (non-hydrogen) atoms. The molecule has 1 aliphatic heterocycles. The predicted molar refractivity (Wildman–Crippen MR) is 127 cm³/mol. The number of nitrogens with one attached hydrogen (secondary N) is 1. The fourth-order valence-electron chi connectivity index (χ4n) is 4.54. The standard InChI is InChI=1S/C25H27N5O2/c1-16-5-7-21-19(12-16)20-14-26-30(25(32)24(20)27-21)15-23(31)29-10-8-28(9-11-29)22-13-17(2)4-6-18(22)3/h4-7,12-14,27H,8-11,15H2,1-3H3. The Hall–Kier alpha value is -3.61. The fraction of sp³-hybridized carbons (Fsp3) is 0.320. The van der Waals surface area contributed by atoms with E-state index in [0.717, 1.165) is 34.9 Å². The second-order valence-electron chi connectivity index (χ2n) is 8.73. The molecule has 1 saturated heterocycles. The lowest BCUT2D eigenvalue weighted by molar-refractivity contribution is -0.132. The highest BCUT2D eigenvalue weighted by Gasteiger charge is 2.23. The quantitative estimate of drug-likeness (QED) is 0.543. The van der Waals surface area contributed by atoms with Crippen LogP contribution in [0.5, 0.6) is 0 Å². The molecule has 0 radical (unpaired) electrons. The van der Waals surface area contributed by atoms with Crippen molar-refractivity contribution >= 4 is 33.4 Å². The average molecular weight is 430 g/mol. The third-order valence-electron chi connectivity index (χ3n) is 6.39. The number of piperazine rings is 1. The topological polar surface area (TPSA) is 74.2 Å². The number of benzene rings is 2. The molecule has 164 valence electrons. The Balaban J connectivity index is 1.32. The molecule has 7 nitrogen and oxygen atoms in total. The van der Waals surface area contributed by atoms with Crippen LogP contribution in [-0.4, -0.2) is 51.8 Å². The van der Waals surface area contributed by atoms with Crippen LogP contribution in [0.15, 0.2) is 47.4 Å². The van der Waals surface area contributed by atoms with Crippen molar-refractivity contribution < 1.29 is 4.79 Å². The summed E-state index contributed by atoms with van der Waals surface area (Å²) >= 11 is 0. The molecular weight excluding hydrogens is 402 g/mol. The zero-order valence-electron chi connectivity index (χ0n) is 18.7. The molecule has 0 bridgehead atoms. The number of nitrogens with zero attached hydrogens (tertiary/aromatic N) is 4. The number of hydrogen-bond acceptors (Lipinski definition) is 4. The van der Waals surface area contributed by atoms with Gasteiger partial charge in [0, 0.05) is 48.2 Å². The van der Waals surface area contributed by atoms with Gasteiger partial charge in [-0.15, -0.1) is 0 Å². The highest BCUT2D eigenvalue weighted by molar-refractivity contribution is 6.06. The van der Waals surface area contributed by atoms with Gasteiger partial charge in [-0.25, -0.2) is 4.68 Å². The van der Waals surface area contributed by atoms with Gasteiger partial charge in [0.25, 0.3) is 5.56 Å². The zero-order valence-corrected chi connectivity index (χ0v) is 18.7. The van der Waals surface area contributed by atoms with Crippen LogP contribution < -0.4 is 10.5 Å². The summed E-state index contributed by atoms with van der Waals surface area (Å²) in [5.74, 6) is -0.0773. The third kappa shape index (κ3) is 3.53. The molecule has 1 N–H and O–H groups in total. The molecular formula is C25H27N5O2. The molecule has 0 saturated carbocycles. The van der Waals surface area contributed by atoms with E-state index in [9.17, 15) is 9.59 Å². The van der Waals surface area contributed by atoms with Crippen LogP contribution >= 0.6 is 0 Å². The molecule has 5 rings (SSSR count). The van der Waals surface area contributed by atoms with Crippen molar-refractivity contribution in [1.82, 2.24) is 19.7 Å². The summed E-state index contributed by atoms with van der Waals surface area (Å²) in [6, 6.07) is 12.5. The first kappa shape index (κ1) is 20.3. The number of hydrogen-bond donors (Lipinski definition) is 1. The number of anilines is 1. The van der Waals surface area contributed by atoms with E-state index in [2.05, 4.69) is 47.0 Å². The summed E-state index contributed by atoms with van der Waals surface area (Å²) in [5.41, 5.74) is 5.96. The Morgan fingerprint density at radius 2 is 1.69 bits per heavy atom. The monoisotopic (exact) mass is 429 g/mol. The minimum atomic E-state index is -0.265. The summed E-state index contributed by atoms with van der Waals surface area (Å²) in [5, 5.41) is 6.07. The number of aromatic nitrogens is 3. The Morgan fingerprint density at radius 1 is 0.969 bits per heavy atom. The maximum atomic E-state index is 13.0. The van der Waals surface area contributed by atoms with Crippen molar-refractivity contribution in [2.24, 2.45) is 0 Å². The predicted octanol–water partition coefficient (Wildman–Crippen LogP) is 3.15. The number of aromatic amines is 1. The van der Waals surface area contributed by atoms with E-state index in [4.69, 9.17) is 0 Å². The molecule has 1 amide bonds. The molecule has 7 heteroatoms. The Labute approximate surface area is 186 Å². The van der Waals surface area contributed by atoms with E-state index in [-0.39, 0.29) is 18.0 Å². The fourth-order valence-corrected chi connectivity index (χ4v) is 4.54. The second kappa shape index (κ2) is 7.82. The molecule has 3 heterocycles. The molecule has 4 aromatic rings. The van der Waals surface area contributed by atoms with E-state index in [1.54, 1.807) is 6.20 Å². The van der Waals surface area contributed by atoms with Crippen LogP contribution in [0.4, 0.5) is 5.69 Å². The molecule has 0 atom stereocenters. The molecule has 1 aliphatic rings. The van der Waals surface area contributed by atoms with Crippen LogP contribution in [0, 0.1) is 20.8 Å². The van der Waals surface area contributed by atoms with Gasteiger partial charge in [-0.05, 0) is 50.1 Å². The third-order valence-corrected chi connectivity index (χ3v) is 6.39. The van der Waals surface area contributed by atoms with E-state index < -0.39 is 0 Å². The van der Waals surface area contributed by atoms with Crippen LogP contribution in [-0.2, 0) is 11.3 Å². The van der Waals surface area contributed by atoms with Gasteiger partial charge in [-0.3, -0.25) is 9.59 Å². The van der Waals surface area contributed by atoms with Gasteiger partial charge in [-0.2, -0.15) is 5.10 Å². The Kier molecular flexibility index (Phi) is 4.96. The number of rotatable bonds is 3. The largest absolute Gasteiger partial charge is 0.368 e. The van der Waals surface area contributed by atoms with Crippen molar-refractivity contribution in [1.29, 1.82) is 0 Å². The van der Waals surface area contributed by atoms with Crippen LogP contribution in [0.2, 0.25) is 0 Å². The smallest absolute Gasteiger partial charge is 0.291 e. The number of fused-ring (bicyclic) bond motifs is 3. The SMILES string of the molecule is Cc1ccc(C)c(N2CCN(C(=O)Cn3ncc4c([nH]c5ccc(C)cc54)c3=O)CC2)c1. The van der Waals surface area contributed by atoms with Crippen molar-refractivity contribution in [2.75, 3.05) is 31.1 Å². The highest BCUT2D eigenvalue weighted by atomic mass is 16.2. The number of aryl methyl sites for hydroxylation is 3. The molecule has 2 aromatic heterocycles. The minimum absolute atomic E-state index is 0.0490. The molecule has 0 unspecified atom stereocenters. The maximum absolute atomic E-state index is 13.0. The van der Waals surface area contributed by atoms with Gasteiger partial charge in [0.1, 0.15) is 12.1 Å². The van der Waals surface area contributed by atoms with Crippen molar-refractivity contribution in [2.45, 2.75) is 27.3 Å². The minimum Gasteiger partial charge on any atom is -0.368 e. The zero-order chi connectivity index (χ0) is 22.4. The first-order valence-corrected chi connectivity index (χ1v) is 11.0.